The molecule has 0 saturated heterocycles. The third kappa shape index (κ3) is 5.81. The predicted octanol–water partition coefficient (Wildman–Crippen LogP) is 0.762. The molecule has 0 bridgehead atoms. The zero-order valence-electron chi connectivity index (χ0n) is 10.7. The Labute approximate surface area is 104 Å². The lowest BCUT2D eigenvalue weighted by atomic mass is 9.85. The van der Waals surface area contributed by atoms with Crippen molar-refractivity contribution in [1.29, 1.82) is 0 Å². The molecule has 102 valence electrons. The normalized spacial score (nSPS) is 20.7. The Bertz CT molecular complexity index is 322. The Morgan fingerprint density at radius 1 is 1.18 bits per heavy atom. The minimum absolute atomic E-state index is 0.112. The van der Waals surface area contributed by atoms with Gasteiger partial charge in [-0.15, -0.1) is 0 Å². The maximum Gasteiger partial charge on any atom is 0.277 e. The highest BCUT2D eigenvalue weighted by atomic mass is 32.2. The van der Waals surface area contributed by atoms with Crippen LogP contribution in [0.3, 0.4) is 0 Å². The largest absolute Gasteiger partial charge is 0.389 e. The Morgan fingerprint density at radius 2 is 1.76 bits per heavy atom. The van der Waals surface area contributed by atoms with Gasteiger partial charge >= 0.3 is 0 Å². The van der Waals surface area contributed by atoms with Crippen molar-refractivity contribution < 1.29 is 13.5 Å². The Balaban J connectivity index is 2.37. The molecule has 0 radical (unpaired) electrons. The first-order valence-electron chi connectivity index (χ1n) is 6.30. The third-order valence-electron chi connectivity index (χ3n) is 3.06. The van der Waals surface area contributed by atoms with Crippen LogP contribution in [0.1, 0.15) is 46.0 Å². The average Bonchev–Trinajstić information content (AvgIpc) is 2.26. The van der Waals surface area contributed by atoms with Gasteiger partial charge in [0.05, 0.1) is 5.60 Å². The van der Waals surface area contributed by atoms with Crippen LogP contribution in [0.25, 0.3) is 0 Å². The predicted molar refractivity (Wildman–Crippen MR) is 67.8 cm³/mol. The van der Waals surface area contributed by atoms with E-state index in [0.717, 1.165) is 19.3 Å². The van der Waals surface area contributed by atoms with Crippen molar-refractivity contribution in [3.8, 4) is 0 Å². The van der Waals surface area contributed by atoms with Crippen molar-refractivity contribution in [3.05, 3.63) is 0 Å². The van der Waals surface area contributed by atoms with E-state index < -0.39 is 15.8 Å². The van der Waals surface area contributed by atoms with E-state index in [2.05, 4.69) is 9.44 Å². The number of aliphatic hydroxyl groups is 1. The smallest absolute Gasteiger partial charge is 0.277 e. The Kier molecular flexibility index (Phi) is 5.37. The van der Waals surface area contributed by atoms with Crippen LogP contribution < -0.4 is 9.44 Å². The van der Waals surface area contributed by atoms with Crippen LogP contribution in [0.15, 0.2) is 0 Å². The van der Waals surface area contributed by atoms with Crippen LogP contribution in [0, 0.1) is 5.92 Å². The van der Waals surface area contributed by atoms with E-state index >= 15 is 0 Å². The summed E-state index contributed by atoms with van der Waals surface area (Å²) in [6.07, 6.45) is 4.43. The highest BCUT2D eigenvalue weighted by Crippen LogP contribution is 2.27. The van der Waals surface area contributed by atoms with Crippen molar-refractivity contribution in [2.24, 2.45) is 5.92 Å². The molecule has 17 heavy (non-hydrogen) atoms. The maximum absolute atomic E-state index is 11.6. The fourth-order valence-corrected chi connectivity index (χ4v) is 3.06. The second-order valence-corrected chi connectivity index (χ2v) is 6.94. The first-order valence-corrected chi connectivity index (χ1v) is 7.78. The van der Waals surface area contributed by atoms with E-state index in [1.807, 2.05) is 13.8 Å². The summed E-state index contributed by atoms with van der Waals surface area (Å²) in [4.78, 5) is 0. The number of hydrogen-bond acceptors (Lipinski definition) is 3. The molecule has 6 heteroatoms. The van der Waals surface area contributed by atoms with Crippen LogP contribution in [-0.2, 0) is 10.2 Å². The standard InChI is InChI=1S/C11H24N2O3S/c1-10(2)8-12-17(15,16)13-9-11(14)6-4-3-5-7-11/h10,12-14H,3-9H2,1-2H3. The zero-order valence-corrected chi connectivity index (χ0v) is 11.5. The third-order valence-corrected chi connectivity index (χ3v) is 4.13. The molecule has 1 saturated carbocycles. The molecule has 0 unspecified atom stereocenters. The maximum atomic E-state index is 11.6. The number of rotatable bonds is 6. The van der Waals surface area contributed by atoms with E-state index in [1.54, 1.807) is 0 Å². The quantitative estimate of drug-likeness (QED) is 0.663. The molecule has 1 fully saturated rings. The van der Waals surface area contributed by atoms with E-state index in [0.29, 0.717) is 19.4 Å². The molecule has 3 N–H and O–H groups in total. The van der Waals surface area contributed by atoms with Gasteiger partial charge in [0.15, 0.2) is 0 Å². The average molecular weight is 264 g/mol. The minimum atomic E-state index is -3.47. The SMILES string of the molecule is CC(C)CNS(=O)(=O)NCC1(O)CCCCC1. The minimum Gasteiger partial charge on any atom is -0.389 e. The molecule has 0 aliphatic heterocycles. The van der Waals surface area contributed by atoms with Crippen LogP contribution in [-0.4, -0.2) is 32.2 Å². The summed E-state index contributed by atoms with van der Waals surface area (Å²) in [7, 11) is -3.47. The van der Waals surface area contributed by atoms with Crippen molar-refractivity contribution in [2.75, 3.05) is 13.1 Å². The molecule has 0 atom stereocenters. The molecule has 0 heterocycles. The van der Waals surface area contributed by atoms with Gasteiger partial charge in [0.1, 0.15) is 0 Å². The first-order chi connectivity index (χ1) is 7.83. The van der Waals surface area contributed by atoms with Gasteiger partial charge in [-0.2, -0.15) is 13.1 Å². The van der Waals surface area contributed by atoms with Gasteiger partial charge in [0.25, 0.3) is 10.2 Å². The topological polar surface area (TPSA) is 78.4 Å². The Hall–Kier alpha value is -0.170. The highest BCUT2D eigenvalue weighted by molar-refractivity contribution is 7.87. The Morgan fingerprint density at radius 3 is 2.29 bits per heavy atom. The summed E-state index contributed by atoms with van der Waals surface area (Å²) in [5.74, 6) is 0.268. The van der Waals surface area contributed by atoms with Crippen molar-refractivity contribution in [1.82, 2.24) is 9.44 Å². The van der Waals surface area contributed by atoms with E-state index in [4.69, 9.17) is 0 Å². The highest BCUT2D eigenvalue weighted by Gasteiger charge is 2.30. The molecule has 1 aliphatic carbocycles. The molecule has 0 spiro atoms. The number of nitrogens with one attached hydrogen (secondary N) is 2. The van der Waals surface area contributed by atoms with Gasteiger partial charge in [-0.3, -0.25) is 0 Å². The first kappa shape index (κ1) is 14.9. The monoisotopic (exact) mass is 264 g/mol. The summed E-state index contributed by atoms with van der Waals surface area (Å²) in [6.45, 7) is 4.41. The second kappa shape index (κ2) is 6.13. The van der Waals surface area contributed by atoms with Crippen molar-refractivity contribution in [3.63, 3.8) is 0 Å². The van der Waals surface area contributed by atoms with Gasteiger partial charge in [-0.05, 0) is 18.8 Å². The van der Waals surface area contributed by atoms with Crippen LogP contribution >= 0.6 is 0 Å². The molecule has 1 rings (SSSR count). The molecular formula is C11H24N2O3S. The summed E-state index contributed by atoms with van der Waals surface area (Å²) in [5.41, 5.74) is -0.856. The summed E-state index contributed by atoms with van der Waals surface area (Å²) >= 11 is 0. The molecule has 0 aromatic carbocycles. The molecule has 0 amide bonds. The molecular weight excluding hydrogens is 240 g/mol. The fraction of sp³-hybridized carbons (Fsp3) is 1.00. The number of hydrogen-bond donors (Lipinski definition) is 3. The van der Waals surface area contributed by atoms with Crippen LogP contribution in [0.4, 0.5) is 0 Å². The van der Waals surface area contributed by atoms with E-state index in [-0.39, 0.29) is 12.5 Å². The molecule has 1 aliphatic rings. The lowest BCUT2D eigenvalue weighted by Gasteiger charge is -2.32. The second-order valence-electron chi connectivity index (χ2n) is 5.35. The van der Waals surface area contributed by atoms with Crippen LogP contribution in [0.5, 0.6) is 0 Å². The van der Waals surface area contributed by atoms with Gasteiger partial charge < -0.3 is 5.11 Å². The summed E-state index contributed by atoms with van der Waals surface area (Å²) < 4.78 is 28.1. The van der Waals surface area contributed by atoms with E-state index in [1.165, 1.54) is 0 Å². The van der Waals surface area contributed by atoms with Gasteiger partial charge in [-0.1, -0.05) is 33.1 Å². The van der Waals surface area contributed by atoms with E-state index in [9.17, 15) is 13.5 Å². The fourth-order valence-electron chi connectivity index (χ4n) is 1.94. The lowest BCUT2D eigenvalue weighted by molar-refractivity contribution is 0.00939. The van der Waals surface area contributed by atoms with Crippen LogP contribution in [0.2, 0.25) is 0 Å². The summed E-state index contributed by atoms with van der Waals surface area (Å²) in [5, 5.41) is 10.2. The lowest BCUT2D eigenvalue weighted by Crippen LogP contribution is -2.48. The molecule has 5 nitrogen and oxygen atoms in total. The van der Waals surface area contributed by atoms with Gasteiger partial charge in [-0.25, -0.2) is 4.72 Å². The summed E-state index contributed by atoms with van der Waals surface area (Å²) in [6, 6.07) is 0. The van der Waals surface area contributed by atoms with Gasteiger partial charge in [0.2, 0.25) is 0 Å². The van der Waals surface area contributed by atoms with Crippen molar-refractivity contribution in [2.45, 2.75) is 51.6 Å². The zero-order chi connectivity index (χ0) is 12.9. The molecule has 0 aromatic heterocycles. The molecule has 0 aromatic rings. The van der Waals surface area contributed by atoms with Crippen molar-refractivity contribution >= 4 is 10.2 Å². The van der Waals surface area contributed by atoms with Gasteiger partial charge in [0, 0.05) is 13.1 Å².